The van der Waals surface area contributed by atoms with Gasteiger partial charge in [0, 0.05) is 0 Å². The zero-order valence-corrected chi connectivity index (χ0v) is 16.9. The second-order valence-electron chi connectivity index (χ2n) is 8.00. The predicted octanol–water partition coefficient (Wildman–Crippen LogP) is 1.78. The molecule has 1 aromatic rings. The lowest BCUT2D eigenvalue weighted by molar-refractivity contribution is -0.236. The highest BCUT2D eigenvalue weighted by molar-refractivity contribution is 5.93. The van der Waals surface area contributed by atoms with Gasteiger partial charge in [-0.05, 0) is 39.8 Å². The molecule has 3 heterocycles. The largest absolute Gasteiger partial charge is 0.465 e. The zero-order chi connectivity index (χ0) is 21.0. The fraction of sp³-hybridized carbons (Fsp3) is 0.600. The van der Waals surface area contributed by atoms with Crippen LogP contribution < -0.4 is 4.74 Å². The lowest BCUT2D eigenvalue weighted by atomic mass is 9.99. The monoisotopic (exact) mass is 408 g/mol. The molecule has 1 aromatic carbocycles. The minimum Gasteiger partial charge on any atom is -0.465 e. The van der Waals surface area contributed by atoms with Crippen LogP contribution in [0.3, 0.4) is 0 Å². The Hall–Kier alpha value is -2.04. The van der Waals surface area contributed by atoms with E-state index in [0.717, 1.165) is 0 Å². The molecule has 29 heavy (non-hydrogen) atoms. The molecule has 0 saturated carbocycles. The van der Waals surface area contributed by atoms with Gasteiger partial charge in [-0.15, -0.1) is 0 Å². The average molecular weight is 408 g/mol. The van der Waals surface area contributed by atoms with Crippen LogP contribution >= 0.6 is 0 Å². The van der Waals surface area contributed by atoms with Crippen molar-refractivity contribution in [2.75, 3.05) is 7.11 Å². The Bertz CT molecular complexity index is 818. The van der Waals surface area contributed by atoms with E-state index in [1.165, 1.54) is 19.2 Å². The van der Waals surface area contributed by atoms with Crippen LogP contribution in [-0.2, 0) is 33.2 Å². The summed E-state index contributed by atoms with van der Waals surface area (Å²) in [5.41, 5.74) is 0.124. The molecular weight excluding hydrogens is 384 g/mol. The van der Waals surface area contributed by atoms with Gasteiger partial charge < -0.3 is 33.2 Å². The van der Waals surface area contributed by atoms with Gasteiger partial charge in [0.2, 0.25) is 0 Å². The Balaban J connectivity index is 1.59. The predicted molar refractivity (Wildman–Crippen MR) is 95.9 cm³/mol. The Morgan fingerprint density at radius 3 is 2.24 bits per heavy atom. The number of methoxy groups -OCH3 is 1. The molecule has 0 aliphatic carbocycles. The first-order valence-electron chi connectivity index (χ1n) is 9.36. The molecule has 0 unspecified atom stereocenters. The zero-order valence-electron chi connectivity index (χ0n) is 16.9. The number of rotatable bonds is 3. The summed E-state index contributed by atoms with van der Waals surface area (Å²) in [5, 5.41) is 0. The van der Waals surface area contributed by atoms with E-state index in [0.29, 0.717) is 0 Å². The molecule has 0 amide bonds. The maximum Gasteiger partial charge on any atom is 0.343 e. The molecule has 9 nitrogen and oxygen atoms in total. The van der Waals surface area contributed by atoms with Crippen LogP contribution in [0.15, 0.2) is 24.3 Å². The van der Waals surface area contributed by atoms with Gasteiger partial charge >= 0.3 is 11.9 Å². The Labute approximate surface area is 168 Å². The van der Waals surface area contributed by atoms with Crippen molar-refractivity contribution in [1.82, 2.24) is 0 Å². The van der Waals surface area contributed by atoms with Gasteiger partial charge in [-0.1, -0.05) is 12.1 Å². The number of benzene rings is 1. The van der Waals surface area contributed by atoms with Crippen molar-refractivity contribution >= 4 is 11.9 Å². The topological polar surface area (TPSA) is 98.8 Å². The molecule has 0 N–H and O–H groups in total. The SMILES string of the molecule is COC(=O)c1ccccc1OC(=O)[C@@H]1O[C@@H]2OC(C)(C)O[C@@H]2[C@H]2OC(C)(C)O[C@@H]21. The molecule has 5 atom stereocenters. The molecule has 0 aromatic heterocycles. The van der Waals surface area contributed by atoms with Crippen molar-refractivity contribution in [1.29, 1.82) is 0 Å². The van der Waals surface area contributed by atoms with E-state index < -0.39 is 54.2 Å². The summed E-state index contributed by atoms with van der Waals surface area (Å²) in [5.74, 6) is -3.12. The van der Waals surface area contributed by atoms with Crippen molar-refractivity contribution < 1.29 is 42.7 Å². The first-order chi connectivity index (χ1) is 13.6. The summed E-state index contributed by atoms with van der Waals surface area (Å²) in [4.78, 5) is 25.0. The Morgan fingerprint density at radius 2 is 1.52 bits per heavy atom. The van der Waals surface area contributed by atoms with Crippen LogP contribution in [0.2, 0.25) is 0 Å². The number of hydrogen-bond donors (Lipinski definition) is 0. The van der Waals surface area contributed by atoms with Crippen molar-refractivity contribution in [3.63, 3.8) is 0 Å². The van der Waals surface area contributed by atoms with Crippen molar-refractivity contribution in [3.05, 3.63) is 29.8 Å². The number of carbonyl (C=O) groups excluding carboxylic acids is 2. The van der Waals surface area contributed by atoms with Crippen molar-refractivity contribution in [2.24, 2.45) is 0 Å². The lowest BCUT2D eigenvalue weighted by Crippen LogP contribution is -2.58. The molecule has 3 saturated heterocycles. The summed E-state index contributed by atoms with van der Waals surface area (Å²) in [6, 6.07) is 6.29. The van der Waals surface area contributed by atoms with Crippen LogP contribution in [0.1, 0.15) is 38.1 Å². The maximum atomic E-state index is 13.0. The van der Waals surface area contributed by atoms with E-state index >= 15 is 0 Å². The Morgan fingerprint density at radius 1 is 0.897 bits per heavy atom. The quantitative estimate of drug-likeness (QED) is 0.547. The normalized spacial score (nSPS) is 34.2. The van der Waals surface area contributed by atoms with E-state index in [1.54, 1.807) is 39.8 Å². The molecular formula is C20H24O9. The summed E-state index contributed by atoms with van der Waals surface area (Å²) < 4.78 is 39.7. The highest BCUT2D eigenvalue weighted by Crippen LogP contribution is 2.44. The second-order valence-corrected chi connectivity index (χ2v) is 8.00. The van der Waals surface area contributed by atoms with Gasteiger partial charge in [-0.25, -0.2) is 9.59 Å². The summed E-state index contributed by atoms with van der Waals surface area (Å²) in [7, 11) is 1.25. The first-order valence-corrected chi connectivity index (χ1v) is 9.36. The van der Waals surface area contributed by atoms with Crippen molar-refractivity contribution in [2.45, 2.75) is 70.0 Å². The third-order valence-electron chi connectivity index (χ3n) is 4.89. The van der Waals surface area contributed by atoms with E-state index in [4.69, 9.17) is 33.2 Å². The fourth-order valence-corrected chi connectivity index (χ4v) is 3.80. The van der Waals surface area contributed by atoms with E-state index in [2.05, 4.69) is 0 Å². The molecule has 3 aliphatic rings. The van der Waals surface area contributed by atoms with Gasteiger partial charge in [0.25, 0.3) is 0 Å². The van der Waals surface area contributed by atoms with Crippen LogP contribution in [0.25, 0.3) is 0 Å². The lowest BCUT2D eigenvalue weighted by Gasteiger charge is -2.35. The van der Waals surface area contributed by atoms with Gasteiger partial charge in [-0.3, -0.25) is 0 Å². The molecule has 3 fully saturated rings. The van der Waals surface area contributed by atoms with Crippen LogP contribution in [-0.4, -0.2) is 61.3 Å². The standard InChI is InChI=1S/C20H24O9/c1-19(2)26-12-13(27-19)15-18(29-20(3,4)28-15)25-14(12)17(22)24-11-9-7-6-8-10(11)16(21)23-5/h6-9,12-15,18H,1-5H3/t12-,13-,14+,15+,18+/m0/s1. The van der Waals surface area contributed by atoms with Gasteiger partial charge in [0.15, 0.2) is 24.0 Å². The van der Waals surface area contributed by atoms with Gasteiger partial charge in [-0.2, -0.15) is 0 Å². The molecule has 0 radical (unpaired) electrons. The number of esters is 2. The number of hydrogen-bond acceptors (Lipinski definition) is 9. The van der Waals surface area contributed by atoms with Crippen LogP contribution in [0.5, 0.6) is 5.75 Å². The Kier molecular flexibility index (Phi) is 4.91. The highest BCUT2D eigenvalue weighted by atomic mass is 16.9. The molecule has 4 rings (SSSR count). The number of fused-ring (bicyclic) bond motifs is 3. The summed E-state index contributed by atoms with van der Waals surface area (Å²) >= 11 is 0. The number of ether oxygens (including phenoxy) is 7. The number of para-hydroxylation sites is 1. The van der Waals surface area contributed by atoms with E-state index in [-0.39, 0.29) is 11.3 Å². The maximum absolute atomic E-state index is 13.0. The van der Waals surface area contributed by atoms with Gasteiger partial charge in [0.05, 0.1) is 7.11 Å². The molecule has 9 heteroatoms. The van der Waals surface area contributed by atoms with E-state index in [9.17, 15) is 9.59 Å². The van der Waals surface area contributed by atoms with Gasteiger partial charge in [0.1, 0.15) is 29.6 Å². The minimum absolute atomic E-state index is 0.0636. The van der Waals surface area contributed by atoms with Crippen molar-refractivity contribution in [3.8, 4) is 5.75 Å². The summed E-state index contributed by atoms with van der Waals surface area (Å²) in [6.45, 7) is 7.00. The minimum atomic E-state index is -1.13. The highest BCUT2D eigenvalue weighted by Gasteiger charge is 2.62. The molecule has 0 bridgehead atoms. The fourth-order valence-electron chi connectivity index (χ4n) is 3.80. The molecule has 0 spiro atoms. The van der Waals surface area contributed by atoms with Crippen LogP contribution in [0, 0.1) is 0 Å². The second kappa shape index (κ2) is 7.03. The van der Waals surface area contributed by atoms with E-state index in [1.807, 2.05) is 0 Å². The molecule has 158 valence electrons. The van der Waals surface area contributed by atoms with Crippen LogP contribution in [0.4, 0.5) is 0 Å². The summed E-state index contributed by atoms with van der Waals surface area (Å²) in [6.07, 6.45) is -3.85. The first kappa shape index (κ1) is 20.2. The third-order valence-corrected chi connectivity index (χ3v) is 4.89. The smallest absolute Gasteiger partial charge is 0.343 e. The molecule has 3 aliphatic heterocycles. The number of carbonyl (C=O) groups is 2. The third kappa shape index (κ3) is 3.76. The average Bonchev–Trinajstić information content (AvgIpc) is 3.14.